The van der Waals surface area contributed by atoms with Crippen LogP contribution in [-0.4, -0.2) is 6.54 Å². The Morgan fingerprint density at radius 3 is 1.22 bits per heavy atom. The summed E-state index contributed by atoms with van der Waals surface area (Å²) in [6.45, 7) is 3.34. The average molecular weight is 274 g/mol. The largest absolute Gasteiger partial charge is 0.267 e. The van der Waals surface area contributed by atoms with Crippen molar-refractivity contribution in [1.29, 1.82) is 0 Å². The molecule has 0 amide bonds. The van der Waals surface area contributed by atoms with Crippen LogP contribution in [0.2, 0.25) is 0 Å². The molecular formula is C16H35NS. The van der Waals surface area contributed by atoms with Gasteiger partial charge in [-0.3, -0.25) is 4.72 Å². The van der Waals surface area contributed by atoms with Crippen LogP contribution in [0, 0.1) is 0 Å². The monoisotopic (exact) mass is 273 g/mol. The Kier molecular flexibility index (Phi) is 17.6. The molecule has 0 bridgehead atoms. The summed E-state index contributed by atoms with van der Waals surface area (Å²) >= 11 is 3.99. The van der Waals surface area contributed by atoms with Crippen LogP contribution in [0.15, 0.2) is 0 Å². The van der Waals surface area contributed by atoms with Crippen molar-refractivity contribution in [1.82, 2.24) is 4.72 Å². The normalized spacial score (nSPS) is 11.0. The van der Waals surface area contributed by atoms with Crippen molar-refractivity contribution in [2.45, 2.75) is 96.8 Å². The SMILES string of the molecule is CCCCCCCCCCCCCCCCNS. The molecule has 0 heterocycles. The average Bonchev–Trinajstić information content (AvgIpc) is 2.39. The van der Waals surface area contributed by atoms with E-state index in [1.165, 1.54) is 89.9 Å². The van der Waals surface area contributed by atoms with E-state index in [9.17, 15) is 0 Å². The lowest BCUT2D eigenvalue weighted by atomic mass is 10.0. The van der Waals surface area contributed by atoms with Crippen molar-refractivity contribution >= 4 is 12.8 Å². The molecular weight excluding hydrogens is 238 g/mol. The number of hydrogen-bond acceptors (Lipinski definition) is 2. The van der Waals surface area contributed by atoms with Crippen molar-refractivity contribution in [2.75, 3.05) is 6.54 Å². The van der Waals surface area contributed by atoms with Gasteiger partial charge in [0.15, 0.2) is 0 Å². The first-order chi connectivity index (χ1) is 8.91. The van der Waals surface area contributed by atoms with Crippen molar-refractivity contribution in [2.24, 2.45) is 0 Å². The van der Waals surface area contributed by atoms with Gasteiger partial charge < -0.3 is 0 Å². The predicted octanol–water partition coefficient (Wildman–Crippen LogP) is 5.90. The van der Waals surface area contributed by atoms with Crippen LogP contribution in [0.4, 0.5) is 0 Å². The van der Waals surface area contributed by atoms with E-state index < -0.39 is 0 Å². The molecule has 2 heteroatoms. The van der Waals surface area contributed by atoms with E-state index in [1.807, 2.05) is 0 Å². The molecule has 0 aliphatic carbocycles. The van der Waals surface area contributed by atoms with Crippen LogP contribution in [0.25, 0.3) is 0 Å². The molecule has 0 aliphatic rings. The standard InChI is InChI=1S/C16H35NS/c1-2-3-4-5-6-7-8-9-10-11-12-13-14-15-16-17-18/h17-18H,2-16H2,1H3. The Labute approximate surface area is 121 Å². The second-order valence-electron chi connectivity index (χ2n) is 5.50. The van der Waals surface area contributed by atoms with E-state index in [0.717, 1.165) is 6.54 Å². The van der Waals surface area contributed by atoms with Gasteiger partial charge in [-0.05, 0) is 6.42 Å². The van der Waals surface area contributed by atoms with Crippen LogP contribution in [0.3, 0.4) is 0 Å². The molecule has 0 aromatic heterocycles. The third-order valence-corrected chi connectivity index (χ3v) is 3.87. The van der Waals surface area contributed by atoms with Crippen LogP contribution in [0.1, 0.15) is 96.8 Å². The summed E-state index contributed by atoms with van der Waals surface area (Å²) < 4.78 is 2.91. The molecule has 0 saturated heterocycles. The second kappa shape index (κ2) is 17.3. The maximum Gasteiger partial charge on any atom is 0.00561 e. The number of nitrogens with one attached hydrogen (secondary N) is 1. The van der Waals surface area contributed by atoms with Crippen molar-refractivity contribution in [3.05, 3.63) is 0 Å². The first-order valence-corrected chi connectivity index (χ1v) is 8.73. The summed E-state index contributed by atoms with van der Waals surface area (Å²) in [6.07, 6.45) is 20.0. The third-order valence-electron chi connectivity index (χ3n) is 3.64. The Hall–Kier alpha value is 0.310. The summed E-state index contributed by atoms with van der Waals surface area (Å²) in [5, 5.41) is 0. The lowest BCUT2D eigenvalue weighted by molar-refractivity contribution is 0.535. The second-order valence-corrected chi connectivity index (χ2v) is 5.82. The van der Waals surface area contributed by atoms with Crippen molar-refractivity contribution in [3.63, 3.8) is 0 Å². The molecule has 18 heavy (non-hydrogen) atoms. The summed E-state index contributed by atoms with van der Waals surface area (Å²) in [5.41, 5.74) is 0. The molecule has 0 rings (SSSR count). The van der Waals surface area contributed by atoms with Gasteiger partial charge in [-0.15, -0.1) is 0 Å². The maximum absolute atomic E-state index is 3.99. The van der Waals surface area contributed by atoms with Crippen LogP contribution in [0.5, 0.6) is 0 Å². The highest BCUT2D eigenvalue weighted by Crippen LogP contribution is 2.12. The fourth-order valence-electron chi connectivity index (χ4n) is 2.40. The van der Waals surface area contributed by atoms with Crippen molar-refractivity contribution < 1.29 is 0 Å². The topological polar surface area (TPSA) is 12.0 Å². The van der Waals surface area contributed by atoms with Gasteiger partial charge in [0, 0.05) is 6.54 Å². The van der Waals surface area contributed by atoms with E-state index in [0.29, 0.717) is 0 Å². The number of rotatable bonds is 15. The fraction of sp³-hybridized carbons (Fsp3) is 1.00. The molecule has 0 aromatic rings. The van der Waals surface area contributed by atoms with Gasteiger partial charge in [-0.25, -0.2) is 0 Å². The molecule has 0 aliphatic heterocycles. The minimum atomic E-state index is 1.06. The van der Waals surface area contributed by atoms with Gasteiger partial charge in [0.05, 0.1) is 0 Å². The number of hydrogen-bond donors (Lipinski definition) is 2. The highest BCUT2D eigenvalue weighted by Gasteiger charge is 1.93. The smallest absolute Gasteiger partial charge is 0.00561 e. The van der Waals surface area contributed by atoms with Gasteiger partial charge >= 0.3 is 0 Å². The highest BCUT2D eigenvalue weighted by atomic mass is 32.1. The molecule has 0 saturated carbocycles. The first-order valence-electron chi connectivity index (χ1n) is 8.28. The zero-order valence-electron chi connectivity index (χ0n) is 12.6. The molecule has 0 aromatic carbocycles. The quantitative estimate of drug-likeness (QED) is 0.279. The van der Waals surface area contributed by atoms with E-state index in [4.69, 9.17) is 0 Å². The third kappa shape index (κ3) is 16.3. The van der Waals surface area contributed by atoms with Gasteiger partial charge in [-0.1, -0.05) is 103 Å². The van der Waals surface area contributed by atoms with Crippen LogP contribution in [-0.2, 0) is 0 Å². The van der Waals surface area contributed by atoms with Gasteiger partial charge in [0.2, 0.25) is 0 Å². The fourth-order valence-corrected chi connectivity index (χ4v) is 2.56. The predicted molar refractivity (Wildman–Crippen MR) is 87.3 cm³/mol. The summed E-state index contributed by atoms with van der Waals surface area (Å²) in [4.78, 5) is 0. The Bertz CT molecular complexity index is 123. The Morgan fingerprint density at radius 1 is 0.556 bits per heavy atom. The molecule has 0 fully saturated rings. The summed E-state index contributed by atoms with van der Waals surface area (Å²) in [6, 6.07) is 0. The van der Waals surface area contributed by atoms with Crippen LogP contribution >= 0.6 is 12.8 Å². The van der Waals surface area contributed by atoms with E-state index in [2.05, 4.69) is 24.5 Å². The van der Waals surface area contributed by atoms with Gasteiger partial charge in [0.1, 0.15) is 0 Å². The molecule has 0 spiro atoms. The van der Waals surface area contributed by atoms with Crippen molar-refractivity contribution in [3.8, 4) is 0 Å². The lowest BCUT2D eigenvalue weighted by Crippen LogP contribution is -1.99. The maximum atomic E-state index is 3.99. The molecule has 1 nitrogen and oxygen atoms in total. The molecule has 0 unspecified atom stereocenters. The van der Waals surface area contributed by atoms with Crippen LogP contribution < -0.4 is 4.72 Å². The number of unbranched alkanes of at least 4 members (excludes halogenated alkanes) is 13. The molecule has 1 N–H and O–H groups in total. The minimum absolute atomic E-state index is 1.06. The lowest BCUT2D eigenvalue weighted by Gasteiger charge is -2.03. The zero-order valence-corrected chi connectivity index (χ0v) is 13.4. The van der Waals surface area contributed by atoms with E-state index in [-0.39, 0.29) is 0 Å². The molecule has 0 radical (unpaired) electrons. The summed E-state index contributed by atoms with van der Waals surface area (Å²) in [7, 11) is 0. The zero-order chi connectivity index (χ0) is 13.3. The van der Waals surface area contributed by atoms with E-state index in [1.54, 1.807) is 0 Å². The van der Waals surface area contributed by atoms with E-state index >= 15 is 0 Å². The minimum Gasteiger partial charge on any atom is -0.267 e. The van der Waals surface area contributed by atoms with Gasteiger partial charge in [-0.2, -0.15) is 0 Å². The Morgan fingerprint density at radius 2 is 0.889 bits per heavy atom. The molecule has 110 valence electrons. The highest BCUT2D eigenvalue weighted by molar-refractivity contribution is 7.78. The summed E-state index contributed by atoms with van der Waals surface area (Å²) in [5.74, 6) is 0. The first kappa shape index (κ1) is 18.3. The number of thiol groups is 1. The Balaban J connectivity index is 2.86. The van der Waals surface area contributed by atoms with Gasteiger partial charge in [0.25, 0.3) is 0 Å². The molecule has 0 atom stereocenters.